The fourth-order valence-electron chi connectivity index (χ4n) is 4.19. The first-order chi connectivity index (χ1) is 17.9. The summed E-state index contributed by atoms with van der Waals surface area (Å²) in [6.07, 6.45) is 9.77. The van der Waals surface area contributed by atoms with E-state index in [-0.39, 0.29) is 12.4 Å². The number of carboxylic acid groups (broad SMARTS) is 1. The molecule has 0 aromatic carbocycles. The number of hydrogen-bond acceptors (Lipinski definition) is 8. The van der Waals surface area contributed by atoms with Gasteiger partial charge in [0.2, 0.25) is 11.7 Å². The van der Waals surface area contributed by atoms with Crippen LogP contribution in [0.15, 0.2) is 16.8 Å². The highest BCUT2D eigenvalue weighted by Gasteiger charge is 2.40. The predicted octanol–water partition coefficient (Wildman–Crippen LogP) is 1.57. The summed E-state index contributed by atoms with van der Waals surface area (Å²) in [4.78, 5) is 39.2. The van der Waals surface area contributed by atoms with E-state index in [4.69, 9.17) is 20.9 Å². The van der Waals surface area contributed by atoms with Crippen molar-refractivity contribution in [1.82, 2.24) is 10.6 Å². The second kappa shape index (κ2) is 17.4. The van der Waals surface area contributed by atoms with Gasteiger partial charge < -0.3 is 46.9 Å². The Balaban J connectivity index is 2.50. The Bertz CT molecular complexity index is 814. The van der Waals surface area contributed by atoms with E-state index < -0.39 is 54.3 Å². The smallest absolute Gasteiger partial charge is 0.411 e. The van der Waals surface area contributed by atoms with Crippen molar-refractivity contribution in [2.24, 2.45) is 16.5 Å². The molecule has 13 nitrogen and oxygen atoms in total. The van der Waals surface area contributed by atoms with Crippen LogP contribution in [0, 0.1) is 0 Å². The SMILES string of the molecule is CCCCCCCCCCCCNC(=O)OC(O)(O)CC[C@H]1OC(C(=O)O)=C[C@H](N=C(N)N)[C@H]1NC(C)=O. The number of unbranched alkanes of at least 4 members (excludes halogenated alkanes) is 9. The number of carbonyl (C=O) groups excluding carboxylic acids is 2. The van der Waals surface area contributed by atoms with Gasteiger partial charge in [0.05, 0.1) is 12.1 Å². The van der Waals surface area contributed by atoms with Crippen molar-refractivity contribution in [2.75, 3.05) is 6.54 Å². The molecule has 1 aliphatic heterocycles. The normalized spacial score (nSPS) is 19.1. The third-order valence-corrected chi connectivity index (χ3v) is 6.06. The van der Waals surface area contributed by atoms with E-state index in [1.54, 1.807) is 0 Å². The Kier molecular flexibility index (Phi) is 15.1. The topological polar surface area (TPSA) is 219 Å². The monoisotopic (exact) mass is 543 g/mol. The highest BCUT2D eigenvalue weighted by Crippen LogP contribution is 2.26. The number of guanidine groups is 1. The maximum absolute atomic E-state index is 12.0. The molecule has 1 rings (SSSR count). The first-order valence-corrected chi connectivity index (χ1v) is 13.3. The van der Waals surface area contributed by atoms with E-state index in [1.807, 2.05) is 0 Å². The van der Waals surface area contributed by atoms with Gasteiger partial charge in [0, 0.05) is 19.9 Å². The van der Waals surface area contributed by atoms with Gasteiger partial charge in [0.1, 0.15) is 6.10 Å². The number of nitrogens with one attached hydrogen (secondary N) is 2. The van der Waals surface area contributed by atoms with Crippen LogP contribution in [0.3, 0.4) is 0 Å². The minimum Gasteiger partial charge on any atom is -0.481 e. The highest BCUT2D eigenvalue weighted by molar-refractivity contribution is 5.85. The summed E-state index contributed by atoms with van der Waals surface area (Å²) in [6, 6.07) is -1.90. The van der Waals surface area contributed by atoms with Gasteiger partial charge >= 0.3 is 18.0 Å². The highest BCUT2D eigenvalue weighted by atomic mass is 16.8. The van der Waals surface area contributed by atoms with Crippen molar-refractivity contribution in [3.63, 3.8) is 0 Å². The van der Waals surface area contributed by atoms with Crippen LogP contribution in [0.4, 0.5) is 4.79 Å². The number of amides is 2. The maximum Gasteiger partial charge on any atom is 0.411 e. The fourth-order valence-corrected chi connectivity index (χ4v) is 4.19. The first-order valence-electron chi connectivity index (χ1n) is 13.3. The number of aliphatic hydroxyl groups is 2. The molecule has 38 heavy (non-hydrogen) atoms. The molecule has 0 saturated carbocycles. The summed E-state index contributed by atoms with van der Waals surface area (Å²) in [7, 11) is 0. The van der Waals surface area contributed by atoms with Crippen LogP contribution in [0.2, 0.25) is 0 Å². The zero-order valence-corrected chi connectivity index (χ0v) is 22.5. The number of carboxylic acids is 1. The summed E-state index contributed by atoms with van der Waals surface area (Å²) >= 11 is 0. The van der Waals surface area contributed by atoms with Crippen molar-refractivity contribution in [2.45, 2.75) is 115 Å². The summed E-state index contributed by atoms with van der Waals surface area (Å²) in [5, 5.41) is 34.8. The largest absolute Gasteiger partial charge is 0.481 e. The number of ether oxygens (including phenoxy) is 2. The molecule has 1 aliphatic rings. The van der Waals surface area contributed by atoms with Crippen LogP contribution in [0.5, 0.6) is 0 Å². The fraction of sp³-hybridized carbons (Fsp3) is 0.760. The number of nitrogens with two attached hydrogens (primary N) is 2. The first kappa shape index (κ1) is 33.0. The molecule has 0 aromatic heterocycles. The molecule has 13 heteroatoms. The Hall–Kier alpha value is -3.06. The van der Waals surface area contributed by atoms with Crippen LogP contribution in [-0.4, -0.2) is 70.0 Å². The summed E-state index contributed by atoms with van der Waals surface area (Å²) in [5.41, 5.74) is 10.9. The predicted molar refractivity (Wildman–Crippen MR) is 141 cm³/mol. The molecular formula is C25H45N5O8. The number of alkyl carbamates (subject to hydrolysis) is 1. The molecular weight excluding hydrogens is 498 g/mol. The van der Waals surface area contributed by atoms with Gasteiger partial charge in [-0.15, -0.1) is 0 Å². The molecule has 0 bridgehead atoms. The van der Waals surface area contributed by atoms with Crippen LogP contribution in [0.25, 0.3) is 0 Å². The molecule has 0 spiro atoms. The molecule has 3 atom stereocenters. The molecule has 9 N–H and O–H groups in total. The Labute approximate surface area is 224 Å². The van der Waals surface area contributed by atoms with Gasteiger partial charge in [-0.2, -0.15) is 0 Å². The molecule has 0 unspecified atom stereocenters. The standard InChI is InChI=1S/C25H45N5O8/c1-3-4-5-6-7-8-9-10-11-12-15-28-24(34)38-25(35,36)14-13-19-21(29-17(2)31)18(30-23(26)27)16-20(37-19)22(32)33/h16,18-19,21,35-36H,3-15H2,1-2H3,(H,28,34)(H,29,31)(H,32,33)(H4,26,27,30)/t18-,19+,21+/m0/s1. The van der Waals surface area contributed by atoms with Gasteiger partial charge in [-0.05, 0) is 18.9 Å². The van der Waals surface area contributed by atoms with Crippen molar-refractivity contribution >= 4 is 23.9 Å². The van der Waals surface area contributed by atoms with Crippen molar-refractivity contribution < 1.29 is 39.2 Å². The maximum atomic E-state index is 12.0. The lowest BCUT2D eigenvalue weighted by Crippen LogP contribution is -2.54. The summed E-state index contributed by atoms with van der Waals surface area (Å²) < 4.78 is 10.2. The minimum atomic E-state index is -2.86. The average molecular weight is 544 g/mol. The zero-order valence-electron chi connectivity index (χ0n) is 22.5. The van der Waals surface area contributed by atoms with E-state index >= 15 is 0 Å². The third kappa shape index (κ3) is 14.0. The molecule has 1 heterocycles. The summed E-state index contributed by atoms with van der Waals surface area (Å²) in [6.45, 7) is 3.77. The van der Waals surface area contributed by atoms with Crippen LogP contribution in [-0.2, 0) is 19.1 Å². The van der Waals surface area contributed by atoms with Gasteiger partial charge in [-0.25, -0.2) is 14.6 Å². The second-order valence-electron chi connectivity index (χ2n) is 9.54. The lowest BCUT2D eigenvalue weighted by Gasteiger charge is -2.36. The molecule has 0 saturated heterocycles. The van der Waals surface area contributed by atoms with E-state index in [9.17, 15) is 29.7 Å². The van der Waals surface area contributed by atoms with E-state index in [0.717, 1.165) is 31.8 Å². The number of rotatable bonds is 18. The van der Waals surface area contributed by atoms with Crippen LogP contribution in [0.1, 0.15) is 90.9 Å². The molecule has 0 radical (unpaired) electrons. The Morgan fingerprint density at radius 1 is 1.05 bits per heavy atom. The average Bonchev–Trinajstić information content (AvgIpc) is 2.81. The lowest BCUT2D eigenvalue weighted by atomic mass is 9.94. The summed E-state index contributed by atoms with van der Waals surface area (Å²) in [5.74, 6) is -5.53. The quantitative estimate of drug-likeness (QED) is 0.0572. The third-order valence-electron chi connectivity index (χ3n) is 6.06. The van der Waals surface area contributed by atoms with Crippen LogP contribution >= 0.6 is 0 Å². The zero-order chi connectivity index (χ0) is 28.6. The second-order valence-corrected chi connectivity index (χ2v) is 9.54. The van der Waals surface area contributed by atoms with Gasteiger partial charge in [0.15, 0.2) is 5.96 Å². The number of aliphatic imine (C=N–C) groups is 1. The van der Waals surface area contributed by atoms with E-state index in [2.05, 4.69) is 22.5 Å². The van der Waals surface area contributed by atoms with Crippen LogP contribution < -0.4 is 22.1 Å². The number of aliphatic carboxylic acids is 1. The van der Waals surface area contributed by atoms with E-state index in [0.29, 0.717) is 6.54 Å². The minimum absolute atomic E-state index is 0.217. The molecule has 0 aliphatic carbocycles. The van der Waals surface area contributed by atoms with Crippen molar-refractivity contribution in [3.05, 3.63) is 11.8 Å². The molecule has 0 aromatic rings. The van der Waals surface area contributed by atoms with Crippen molar-refractivity contribution in [1.29, 1.82) is 0 Å². The Morgan fingerprint density at radius 2 is 1.63 bits per heavy atom. The molecule has 218 valence electrons. The molecule has 2 amide bonds. The number of carbonyl (C=O) groups is 3. The number of nitrogens with zero attached hydrogens (tertiary/aromatic N) is 1. The lowest BCUT2D eigenvalue weighted by molar-refractivity contribution is -0.312. The molecule has 0 fully saturated rings. The van der Waals surface area contributed by atoms with Gasteiger partial charge in [-0.1, -0.05) is 64.7 Å². The van der Waals surface area contributed by atoms with Gasteiger partial charge in [0.25, 0.3) is 0 Å². The van der Waals surface area contributed by atoms with Gasteiger partial charge in [-0.3, -0.25) is 4.79 Å². The number of hydrogen-bond donors (Lipinski definition) is 7. The Morgan fingerprint density at radius 3 is 2.16 bits per heavy atom. The van der Waals surface area contributed by atoms with Crippen molar-refractivity contribution in [3.8, 4) is 0 Å². The van der Waals surface area contributed by atoms with E-state index in [1.165, 1.54) is 45.4 Å².